The first-order chi connectivity index (χ1) is 10.2. The van der Waals surface area contributed by atoms with E-state index in [4.69, 9.17) is 5.11 Å². The van der Waals surface area contributed by atoms with Gasteiger partial charge in [-0.3, -0.25) is 0 Å². The molecule has 2 N–H and O–H groups in total. The number of nitrogens with zero attached hydrogens (tertiary/aromatic N) is 1. The Morgan fingerprint density at radius 2 is 1.82 bits per heavy atom. The zero-order valence-corrected chi connectivity index (χ0v) is 14.7. The van der Waals surface area contributed by atoms with E-state index in [2.05, 4.69) is 15.9 Å². The van der Waals surface area contributed by atoms with E-state index >= 15 is 0 Å². The van der Waals surface area contributed by atoms with Crippen molar-refractivity contribution in [2.24, 2.45) is 0 Å². The molecule has 1 heterocycles. The number of aliphatic hydroxyl groups is 2. The van der Waals surface area contributed by atoms with Gasteiger partial charge in [-0.25, -0.2) is 16.8 Å². The third kappa shape index (κ3) is 3.69. The van der Waals surface area contributed by atoms with E-state index in [1.165, 1.54) is 12.1 Å². The van der Waals surface area contributed by atoms with Crippen LogP contribution in [0.4, 0.5) is 0 Å². The SMILES string of the molecule is O=S1(=O)C[C@H](O)[C@@H](N(CCO)S(=O)(=O)c2ccc(Br)cc2)C1. The van der Waals surface area contributed by atoms with Crippen LogP contribution in [-0.2, 0) is 19.9 Å². The molecule has 0 bridgehead atoms. The molecule has 1 aliphatic heterocycles. The van der Waals surface area contributed by atoms with Gasteiger partial charge in [-0.05, 0) is 24.3 Å². The Hall–Kier alpha value is -0.520. The van der Waals surface area contributed by atoms with Crippen LogP contribution in [0.5, 0.6) is 0 Å². The summed E-state index contributed by atoms with van der Waals surface area (Å²) >= 11 is 3.20. The number of aliphatic hydroxyl groups excluding tert-OH is 2. The molecule has 1 aromatic rings. The second kappa shape index (κ2) is 6.54. The highest BCUT2D eigenvalue weighted by atomic mass is 79.9. The van der Waals surface area contributed by atoms with Gasteiger partial charge < -0.3 is 10.2 Å². The zero-order chi connectivity index (χ0) is 16.5. The highest BCUT2D eigenvalue weighted by Crippen LogP contribution is 2.26. The lowest BCUT2D eigenvalue weighted by Crippen LogP contribution is -2.47. The normalized spacial score (nSPS) is 24.7. The number of halogens is 1. The van der Waals surface area contributed by atoms with E-state index in [1.54, 1.807) is 12.1 Å². The van der Waals surface area contributed by atoms with Crippen LogP contribution in [0.15, 0.2) is 33.6 Å². The zero-order valence-electron chi connectivity index (χ0n) is 11.5. The maximum atomic E-state index is 12.7. The lowest BCUT2D eigenvalue weighted by Gasteiger charge is -2.28. The molecule has 0 radical (unpaired) electrons. The van der Waals surface area contributed by atoms with Crippen molar-refractivity contribution in [1.82, 2.24) is 4.31 Å². The fourth-order valence-corrected chi connectivity index (χ4v) is 6.19. The average molecular weight is 414 g/mol. The van der Waals surface area contributed by atoms with Crippen LogP contribution in [0, 0.1) is 0 Å². The molecule has 0 spiro atoms. The number of benzene rings is 1. The first-order valence-electron chi connectivity index (χ1n) is 6.44. The lowest BCUT2D eigenvalue weighted by atomic mass is 10.2. The Bertz CT molecular complexity index is 731. The Balaban J connectivity index is 2.41. The molecule has 1 fully saturated rings. The van der Waals surface area contributed by atoms with E-state index in [9.17, 15) is 21.9 Å². The molecule has 124 valence electrons. The molecule has 1 aromatic carbocycles. The van der Waals surface area contributed by atoms with Crippen LogP contribution in [0.25, 0.3) is 0 Å². The molecule has 0 aliphatic carbocycles. The Labute approximate surface area is 137 Å². The first-order valence-corrected chi connectivity index (χ1v) is 10.5. The van der Waals surface area contributed by atoms with Crippen molar-refractivity contribution in [1.29, 1.82) is 0 Å². The molecule has 0 saturated carbocycles. The van der Waals surface area contributed by atoms with Crippen molar-refractivity contribution in [3.05, 3.63) is 28.7 Å². The molecular weight excluding hydrogens is 398 g/mol. The van der Waals surface area contributed by atoms with E-state index in [0.29, 0.717) is 4.47 Å². The van der Waals surface area contributed by atoms with Gasteiger partial charge in [0.15, 0.2) is 9.84 Å². The predicted octanol–water partition coefficient (Wildman–Crippen LogP) is -0.410. The summed E-state index contributed by atoms with van der Waals surface area (Å²) in [6, 6.07) is 4.75. The van der Waals surface area contributed by atoms with E-state index in [1.807, 2.05) is 0 Å². The number of hydrogen-bond donors (Lipinski definition) is 2. The topological polar surface area (TPSA) is 112 Å². The van der Waals surface area contributed by atoms with Crippen LogP contribution in [0.2, 0.25) is 0 Å². The fraction of sp³-hybridized carbons (Fsp3) is 0.500. The standard InChI is InChI=1S/C12H16BrNO6S2/c13-9-1-3-10(4-2-9)22(19,20)14(5-6-15)11-7-21(17,18)8-12(11)16/h1-4,11-12,15-16H,5-8H2/t11-,12-/m0/s1. The highest BCUT2D eigenvalue weighted by molar-refractivity contribution is 9.10. The highest BCUT2D eigenvalue weighted by Gasteiger charge is 2.44. The van der Waals surface area contributed by atoms with Crippen molar-refractivity contribution in [2.75, 3.05) is 24.7 Å². The molecular formula is C12H16BrNO6S2. The molecule has 2 atom stereocenters. The summed E-state index contributed by atoms with van der Waals surface area (Å²) in [6.07, 6.45) is -1.30. The van der Waals surface area contributed by atoms with Gasteiger partial charge in [0, 0.05) is 11.0 Å². The van der Waals surface area contributed by atoms with E-state index in [-0.39, 0.29) is 11.4 Å². The molecule has 10 heteroatoms. The van der Waals surface area contributed by atoms with Gasteiger partial charge in [0.05, 0.1) is 35.2 Å². The Morgan fingerprint density at radius 1 is 1.23 bits per heavy atom. The molecule has 0 amide bonds. The molecule has 2 rings (SSSR count). The second-order valence-corrected chi connectivity index (χ2v) is 9.96. The minimum Gasteiger partial charge on any atom is -0.395 e. The van der Waals surface area contributed by atoms with Gasteiger partial charge in [-0.2, -0.15) is 4.31 Å². The van der Waals surface area contributed by atoms with Crippen molar-refractivity contribution < 1.29 is 27.0 Å². The number of rotatable bonds is 5. The minimum atomic E-state index is -4.02. The monoisotopic (exact) mass is 413 g/mol. The molecule has 0 unspecified atom stereocenters. The summed E-state index contributed by atoms with van der Waals surface area (Å²) in [5, 5.41) is 19.0. The summed E-state index contributed by atoms with van der Waals surface area (Å²) in [6.45, 7) is -0.755. The Kier molecular flexibility index (Phi) is 5.30. The van der Waals surface area contributed by atoms with Crippen LogP contribution >= 0.6 is 15.9 Å². The van der Waals surface area contributed by atoms with Gasteiger partial charge in [-0.15, -0.1) is 0 Å². The summed E-state index contributed by atoms with van der Waals surface area (Å²) in [7, 11) is -7.52. The van der Waals surface area contributed by atoms with Crippen molar-refractivity contribution in [2.45, 2.75) is 17.0 Å². The van der Waals surface area contributed by atoms with Crippen LogP contribution in [0.3, 0.4) is 0 Å². The maximum Gasteiger partial charge on any atom is 0.243 e. The van der Waals surface area contributed by atoms with Gasteiger partial charge in [-0.1, -0.05) is 15.9 Å². The minimum absolute atomic E-state index is 0.0272. The van der Waals surface area contributed by atoms with Gasteiger partial charge in [0.25, 0.3) is 0 Å². The smallest absolute Gasteiger partial charge is 0.243 e. The van der Waals surface area contributed by atoms with Crippen LogP contribution in [-0.4, -0.2) is 68.2 Å². The number of sulfone groups is 1. The quantitative estimate of drug-likeness (QED) is 0.678. The summed E-state index contributed by atoms with van der Waals surface area (Å²) in [5.74, 6) is -0.931. The van der Waals surface area contributed by atoms with Crippen LogP contribution < -0.4 is 0 Å². The summed E-state index contributed by atoms with van der Waals surface area (Å²) in [5.41, 5.74) is 0. The van der Waals surface area contributed by atoms with E-state index < -0.39 is 50.1 Å². The fourth-order valence-electron chi connectivity index (χ4n) is 2.39. The Morgan fingerprint density at radius 3 is 2.27 bits per heavy atom. The predicted molar refractivity (Wildman–Crippen MR) is 83.6 cm³/mol. The van der Waals surface area contributed by atoms with Gasteiger partial charge in [0.2, 0.25) is 10.0 Å². The largest absolute Gasteiger partial charge is 0.395 e. The number of hydrogen-bond acceptors (Lipinski definition) is 6. The molecule has 22 heavy (non-hydrogen) atoms. The molecule has 0 aromatic heterocycles. The molecule has 1 saturated heterocycles. The maximum absolute atomic E-state index is 12.7. The third-order valence-corrected chi connectivity index (χ3v) is 7.57. The van der Waals surface area contributed by atoms with Crippen LogP contribution in [0.1, 0.15) is 0 Å². The van der Waals surface area contributed by atoms with Gasteiger partial charge >= 0.3 is 0 Å². The second-order valence-electron chi connectivity index (χ2n) is 5.00. The van der Waals surface area contributed by atoms with Crippen molar-refractivity contribution >= 4 is 35.8 Å². The molecule has 1 aliphatic rings. The van der Waals surface area contributed by atoms with Crippen molar-refractivity contribution in [3.63, 3.8) is 0 Å². The lowest BCUT2D eigenvalue weighted by molar-refractivity contribution is 0.117. The molecule has 7 nitrogen and oxygen atoms in total. The third-order valence-electron chi connectivity index (χ3n) is 3.40. The van der Waals surface area contributed by atoms with Crippen molar-refractivity contribution in [3.8, 4) is 0 Å². The first kappa shape index (κ1) is 17.8. The average Bonchev–Trinajstić information content (AvgIpc) is 2.69. The summed E-state index contributed by atoms with van der Waals surface area (Å²) < 4.78 is 50.1. The summed E-state index contributed by atoms with van der Waals surface area (Å²) in [4.78, 5) is -0.0272. The van der Waals surface area contributed by atoms with Gasteiger partial charge in [0.1, 0.15) is 0 Å². The number of sulfonamides is 1. The van der Waals surface area contributed by atoms with E-state index in [0.717, 1.165) is 4.31 Å².